The monoisotopic (exact) mass is 374 g/mol. The van der Waals surface area contributed by atoms with Crippen molar-refractivity contribution in [1.29, 1.82) is 0 Å². The summed E-state index contributed by atoms with van der Waals surface area (Å²) in [7, 11) is 0. The van der Waals surface area contributed by atoms with E-state index in [2.05, 4.69) is 60.3 Å². The van der Waals surface area contributed by atoms with Gasteiger partial charge < -0.3 is 10.2 Å². The average Bonchev–Trinajstić information content (AvgIpc) is 2.80. The molecule has 0 unspecified atom stereocenters. The van der Waals surface area contributed by atoms with Crippen LogP contribution in [0.5, 0.6) is 0 Å². The molecule has 2 nitrogen and oxygen atoms in total. The molecule has 18 heavy (non-hydrogen) atoms. The molecule has 100 valence electrons. The first-order chi connectivity index (χ1) is 8.74. The average molecular weight is 376 g/mol. The fraction of sp³-hybridized carbons (Fsp3) is 0.571. The summed E-state index contributed by atoms with van der Waals surface area (Å²) in [5.74, 6) is 0. The van der Waals surface area contributed by atoms with Gasteiger partial charge in [0.1, 0.15) is 0 Å². The van der Waals surface area contributed by atoms with Crippen LogP contribution < -0.4 is 5.32 Å². The van der Waals surface area contributed by atoms with Crippen LogP contribution in [0.25, 0.3) is 0 Å². The van der Waals surface area contributed by atoms with Crippen LogP contribution >= 0.6 is 31.9 Å². The van der Waals surface area contributed by atoms with Gasteiger partial charge in [-0.3, -0.25) is 0 Å². The van der Waals surface area contributed by atoms with Gasteiger partial charge in [0.15, 0.2) is 0 Å². The van der Waals surface area contributed by atoms with E-state index in [0.717, 1.165) is 22.0 Å². The second kappa shape index (κ2) is 7.63. The highest BCUT2D eigenvalue weighted by molar-refractivity contribution is 9.11. The van der Waals surface area contributed by atoms with Gasteiger partial charge in [-0.1, -0.05) is 31.9 Å². The molecule has 0 amide bonds. The lowest BCUT2D eigenvalue weighted by molar-refractivity contribution is 0.331. The molecule has 0 bridgehead atoms. The van der Waals surface area contributed by atoms with Gasteiger partial charge in [-0.05, 0) is 69.2 Å². The Bertz CT molecular complexity index is 356. The van der Waals surface area contributed by atoms with Crippen LogP contribution in [0.4, 0.5) is 0 Å². The summed E-state index contributed by atoms with van der Waals surface area (Å²) >= 11 is 7.03. The first-order valence-corrected chi connectivity index (χ1v) is 8.21. The third-order valence-electron chi connectivity index (χ3n) is 3.28. The second-order valence-electron chi connectivity index (χ2n) is 4.86. The standard InChI is InChI=1S/C14H20Br2N2/c15-13-8-12(9-14(16)10-13)11-17-4-3-7-18-5-1-2-6-18/h8-10,17H,1-7,11H2. The molecule has 0 radical (unpaired) electrons. The van der Waals surface area contributed by atoms with Gasteiger partial charge in [0.2, 0.25) is 0 Å². The van der Waals surface area contributed by atoms with Crippen molar-refractivity contribution in [3.05, 3.63) is 32.7 Å². The third-order valence-corrected chi connectivity index (χ3v) is 4.19. The minimum absolute atomic E-state index is 0.942. The maximum Gasteiger partial charge on any atom is 0.0206 e. The Kier molecular flexibility index (Phi) is 6.15. The zero-order valence-corrected chi connectivity index (χ0v) is 13.8. The number of halogens is 2. The number of nitrogens with zero attached hydrogens (tertiary/aromatic N) is 1. The predicted molar refractivity (Wildman–Crippen MR) is 83.8 cm³/mol. The number of likely N-dealkylation sites (tertiary alicyclic amines) is 1. The summed E-state index contributed by atoms with van der Waals surface area (Å²) in [4.78, 5) is 2.57. The van der Waals surface area contributed by atoms with Crippen molar-refractivity contribution in [2.45, 2.75) is 25.8 Å². The molecule has 1 aromatic carbocycles. The Morgan fingerprint density at radius 1 is 1.06 bits per heavy atom. The van der Waals surface area contributed by atoms with Gasteiger partial charge in [0.05, 0.1) is 0 Å². The van der Waals surface area contributed by atoms with Crippen molar-refractivity contribution in [2.24, 2.45) is 0 Å². The van der Waals surface area contributed by atoms with Gasteiger partial charge >= 0.3 is 0 Å². The number of hydrogen-bond acceptors (Lipinski definition) is 2. The van der Waals surface area contributed by atoms with Crippen molar-refractivity contribution in [2.75, 3.05) is 26.2 Å². The number of benzene rings is 1. The Balaban J connectivity index is 1.62. The molecule has 0 aliphatic carbocycles. The predicted octanol–water partition coefficient (Wildman–Crippen LogP) is 3.79. The third kappa shape index (κ3) is 5.00. The zero-order valence-electron chi connectivity index (χ0n) is 10.6. The number of hydrogen-bond donors (Lipinski definition) is 1. The lowest BCUT2D eigenvalue weighted by Gasteiger charge is -2.14. The van der Waals surface area contributed by atoms with E-state index in [9.17, 15) is 0 Å². The van der Waals surface area contributed by atoms with Gasteiger partial charge in [-0.15, -0.1) is 0 Å². The van der Waals surface area contributed by atoms with Crippen LogP contribution in [-0.2, 0) is 6.54 Å². The molecule has 1 fully saturated rings. The van der Waals surface area contributed by atoms with E-state index < -0.39 is 0 Å². The van der Waals surface area contributed by atoms with Gasteiger partial charge in [-0.25, -0.2) is 0 Å². The number of rotatable bonds is 6. The zero-order chi connectivity index (χ0) is 12.8. The first kappa shape index (κ1) is 14.5. The van der Waals surface area contributed by atoms with Crippen LogP contribution in [0.15, 0.2) is 27.1 Å². The summed E-state index contributed by atoms with van der Waals surface area (Å²) in [6.07, 6.45) is 4.02. The fourth-order valence-corrected chi connectivity index (χ4v) is 3.77. The summed E-state index contributed by atoms with van der Waals surface area (Å²) in [6.45, 7) is 5.89. The topological polar surface area (TPSA) is 15.3 Å². The first-order valence-electron chi connectivity index (χ1n) is 6.62. The molecule has 1 aliphatic rings. The number of nitrogens with one attached hydrogen (secondary N) is 1. The molecule has 1 heterocycles. The van der Waals surface area contributed by atoms with Crippen molar-refractivity contribution < 1.29 is 0 Å². The molecular formula is C14H20Br2N2. The second-order valence-corrected chi connectivity index (χ2v) is 6.69. The van der Waals surface area contributed by atoms with E-state index in [-0.39, 0.29) is 0 Å². The molecular weight excluding hydrogens is 356 g/mol. The van der Waals surface area contributed by atoms with Crippen LogP contribution in [0.1, 0.15) is 24.8 Å². The van der Waals surface area contributed by atoms with Crippen molar-refractivity contribution in [1.82, 2.24) is 10.2 Å². The summed E-state index contributed by atoms with van der Waals surface area (Å²) in [5, 5.41) is 3.51. The van der Waals surface area contributed by atoms with Crippen molar-refractivity contribution in [3.8, 4) is 0 Å². The van der Waals surface area contributed by atoms with Gasteiger partial charge in [0, 0.05) is 15.5 Å². The Hall–Kier alpha value is 0.1000. The lowest BCUT2D eigenvalue weighted by atomic mass is 10.2. The molecule has 2 rings (SSSR count). The molecule has 0 saturated carbocycles. The summed E-state index contributed by atoms with van der Waals surface area (Å²) < 4.78 is 2.26. The molecule has 0 atom stereocenters. The fourth-order valence-electron chi connectivity index (χ4n) is 2.38. The molecule has 0 spiro atoms. The van der Waals surface area contributed by atoms with Crippen LogP contribution in [0.3, 0.4) is 0 Å². The smallest absolute Gasteiger partial charge is 0.0206 e. The van der Waals surface area contributed by atoms with E-state index >= 15 is 0 Å². The Labute approximate surface area is 126 Å². The maximum atomic E-state index is 3.52. The maximum absolute atomic E-state index is 3.52. The SMILES string of the molecule is Brc1cc(Br)cc(CNCCCN2CCCC2)c1. The lowest BCUT2D eigenvalue weighted by Crippen LogP contribution is -2.24. The Morgan fingerprint density at radius 3 is 2.39 bits per heavy atom. The van der Waals surface area contributed by atoms with Gasteiger partial charge in [0.25, 0.3) is 0 Å². The molecule has 4 heteroatoms. The minimum Gasteiger partial charge on any atom is -0.313 e. The molecule has 1 N–H and O–H groups in total. The Morgan fingerprint density at radius 2 is 1.72 bits per heavy atom. The van der Waals surface area contributed by atoms with E-state index in [1.165, 1.54) is 44.5 Å². The normalized spacial score (nSPS) is 16.3. The highest BCUT2D eigenvalue weighted by atomic mass is 79.9. The molecule has 1 saturated heterocycles. The molecule has 0 aromatic heterocycles. The van der Waals surface area contributed by atoms with Gasteiger partial charge in [-0.2, -0.15) is 0 Å². The van der Waals surface area contributed by atoms with Crippen LogP contribution in [0, 0.1) is 0 Å². The highest BCUT2D eigenvalue weighted by Gasteiger charge is 2.09. The van der Waals surface area contributed by atoms with Crippen LogP contribution in [0.2, 0.25) is 0 Å². The quantitative estimate of drug-likeness (QED) is 0.761. The summed E-state index contributed by atoms with van der Waals surface area (Å²) in [5.41, 5.74) is 1.32. The minimum atomic E-state index is 0.942. The van der Waals surface area contributed by atoms with Crippen molar-refractivity contribution >= 4 is 31.9 Å². The molecule has 1 aromatic rings. The van der Waals surface area contributed by atoms with E-state index in [1.807, 2.05) is 0 Å². The van der Waals surface area contributed by atoms with E-state index in [4.69, 9.17) is 0 Å². The summed E-state index contributed by atoms with van der Waals surface area (Å²) in [6, 6.07) is 6.40. The molecule has 1 aliphatic heterocycles. The van der Waals surface area contributed by atoms with Crippen molar-refractivity contribution in [3.63, 3.8) is 0 Å². The largest absolute Gasteiger partial charge is 0.313 e. The van der Waals surface area contributed by atoms with E-state index in [0.29, 0.717) is 0 Å². The van der Waals surface area contributed by atoms with Crippen LogP contribution in [-0.4, -0.2) is 31.1 Å². The van der Waals surface area contributed by atoms with E-state index in [1.54, 1.807) is 0 Å². The highest BCUT2D eigenvalue weighted by Crippen LogP contribution is 2.19.